The van der Waals surface area contributed by atoms with Crippen molar-refractivity contribution in [3.63, 3.8) is 0 Å². The van der Waals surface area contributed by atoms with Gasteiger partial charge >= 0.3 is 6.18 Å². The molecule has 0 saturated carbocycles. The Morgan fingerprint density at radius 1 is 1.46 bits per heavy atom. The standard InChI is InChI=1S/C9H13F3O/c1-8(9(10,11)12)5-3-2-4-7(13)6-8/h4,13H,2-3,5-6H2,1H3/t8-/m0/s1. The normalized spacial score (nSPS) is 30.9. The first-order chi connectivity index (χ1) is 5.85. The van der Waals surface area contributed by atoms with Gasteiger partial charge in [-0.1, -0.05) is 6.92 Å². The lowest BCUT2D eigenvalue weighted by atomic mass is 9.82. The summed E-state index contributed by atoms with van der Waals surface area (Å²) < 4.78 is 37.6. The number of alkyl halides is 3. The molecule has 1 atom stereocenters. The molecule has 0 aromatic carbocycles. The van der Waals surface area contributed by atoms with Gasteiger partial charge < -0.3 is 5.11 Å². The van der Waals surface area contributed by atoms with E-state index in [-0.39, 0.29) is 18.6 Å². The second-order valence-corrected chi connectivity index (χ2v) is 3.82. The average molecular weight is 194 g/mol. The van der Waals surface area contributed by atoms with Crippen molar-refractivity contribution < 1.29 is 18.3 Å². The van der Waals surface area contributed by atoms with Crippen LogP contribution in [0.5, 0.6) is 0 Å². The van der Waals surface area contributed by atoms with E-state index in [1.54, 1.807) is 0 Å². The maximum atomic E-state index is 12.5. The number of hydrogen-bond donors (Lipinski definition) is 1. The zero-order valence-corrected chi connectivity index (χ0v) is 7.49. The number of halogens is 3. The Balaban J connectivity index is 2.84. The molecular formula is C9H13F3O. The Morgan fingerprint density at radius 3 is 2.62 bits per heavy atom. The quantitative estimate of drug-likeness (QED) is 0.625. The van der Waals surface area contributed by atoms with Gasteiger partial charge in [-0.15, -0.1) is 0 Å². The molecule has 0 heterocycles. The van der Waals surface area contributed by atoms with Crippen molar-refractivity contribution in [1.82, 2.24) is 0 Å². The largest absolute Gasteiger partial charge is 0.513 e. The molecule has 0 amide bonds. The van der Waals surface area contributed by atoms with Crippen molar-refractivity contribution in [2.45, 2.75) is 38.8 Å². The maximum Gasteiger partial charge on any atom is 0.394 e. The number of aliphatic hydroxyl groups is 1. The van der Waals surface area contributed by atoms with E-state index in [9.17, 15) is 13.2 Å². The fourth-order valence-corrected chi connectivity index (χ4v) is 1.56. The van der Waals surface area contributed by atoms with Gasteiger partial charge in [-0.05, 0) is 25.3 Å². The number of allylic oxidation sites excluding steroid dienone is 2. The summed E-state index contributed by atoms with van der Waals surface area (Å²) in [6, 6.07) is 0. The number of aliphatic hydroxyl groups excluding tert-OH is 1. The molecule has 0 saturated heterocycles. The first-order valence-corrected chi connectivity index (χ1v) is 4.30. The molecule has 0 spiro atoms. The minimum absolute atomic E-state index is 0.0943. The molecule has 0 unspecified atom stereocenters. The minimum atomic E-state index is -4.22. The van der Waals surface area contributed by atoms with Crippen LogP contribution < -0.4 is 0 Å². The van der Waals surface area contributed by atoms with Crippen LogP contribution in [0.4, 0.5) is 13.2 Å². The highest BCUT2D eigenvalue weighted by Crippen LogP contribution is 2.47. The summed E-state index contributed by atoms with van der Waals surface area (Å²) in [7, 11) is 0. The van der Waals surface area contributed by atoms with Gasteiger partial charge in [0.2, 0.25) is 0 Å². The summed E-state index contributed by atoms with van der Waals surface area (Å²) >= 11 is 0. The highest BCUT2D eigenvalue weighted by molar-refractivity contribution is 5.01. The monoisotopic (exact) mass is 194 g/mol. The second kappa shape index (κ2) is 3.24. The minimum Gasteiger partial charge on any atom is -0.513 e. The predicted molar refractivity (Wildman–Crippen MR) is 43.3 cm³/mol. The van der Waals surface area contributed by atoms with E-state index >= 15 is 0 Å². The Labute approximate surface area is 75.3 Å². The Kier molecular flexibility index (Phi) is 2.59. The lowest BCUT2D eigenvalue weighted by molar-refractivity contribution is -0.221. The molecule has 0 aliphatic heterocycles. The second-order valence-electron chi connectivity index (χ2n) is 3.82. The van der Waals surface area contributed by atoms with E-state index in [1.165, 1.54) is 13.0 Å². The van der Waals surface area contributed by atoms with Gasteiger partial charge in [0.1, 0.15) is 0 Å². The van der Waals surface area contributed by atoms with Crippen LogP contribution >= 0.6 is 0 Å². The van der Waals surface area contributed by atoms with Gasteiger partial charge in [0.15, 0.2) is 0 Å². The molecular weight excluding hydrogens is 181 g/mol. The topological polar surface area (TPSA) is 20.2 Å². The van der Waals surface area contributed by atoms with E-state index < -0.39 is 11.6 Å². The van der Waals surface area contributed by atoms with E-state index in [2.05, 4.69) is 0 Å². The van der Waals surface area contributed by atoms with Crippen LogP contribution in [0.25, 0.3) is 0 Å². The molecule has 0 aromatic rings. The maximum absolute atomic E-state index is 12.5. The highest BCUT2D eigenvalue weighted by Gasteiger charge is 2.51. The van der Waals surface area contributed by atoms with Crippen LogP contribution in [-0.2, 0) is 0 Å². The molecule has 1 aliphatic rings. The van der Waals surface area contributed by atoms with Crippen LogP contribution in [0, 0.1) is 5.41 Å². The van der Waals surface area contributed by atoms with Crippen molar-refractivity contribution in [2.24, 2.45) is 5.41 Å². The molecule has 1 N–H and O–H groups in total. The van der Waals surface area contributed by atoms with Gasteiger partial charge in [-0.2, -0.15) is 13.2 Å². The highest BCUT2D eigenvalue weighted by atomic mass is 19.4. The van der Waals surface area contributed by atoms with Crippen molar-refractivity contribution in [3.05, 3.63) is 11.8 Å². The number of rotatable bonds is 0. The molecule has 0 radical (unpaired) electrons. The third kappa shape index (κ3) is 2.17. The fourth-order valence-electron chi connectivity index (χ4n) is 1.56. The SMILES string of the molecule is C[C@]1(C(F)(F)F)CCCC=C(O)C1. The molecule has 0 aromatic heterocycles. The Hall–Kier alpha value is -0.670. The van der Waals surface area contributed by atoms with Crippen molar-refractivity contribution in [1.29, 1.82) is 0 Å². The molecule has 1 rings (SSSR count). The molecule has 4 heteroatoms. The third-order valence-corrected chi connectivity index (χ3v) is 2.57. The Morgan fingerprint density at radius 2 is 2.08 bits per heavy atom. The summed E-state index contributed by atoms with van der Waals surface area (Å²) in [5.74, 6) is -0.127. The van der Waals surface area contributed by atoms with Crippen molar-refractivity contribution >= 4 is 0 Å². The van der Waals surface area contributed by atoms with Crippen molar-refractivity contribution in [2.75, 3.05) is 0 Å². The third-order valence-electron chi connectivity index (χ3n) is 2.57. The van der Waals surface area contributed by atoms with Crippen LogP contribution in [0.3, 0.4) is 0 Å². The summed E-state index contributed by atoms with van der Waals surface area (Å²) in [6.45, 7) is 1.17. The van der Waals surface area contributed by atoms with E-state index in [1.807, 2.05) is 0 Å². The molecule has 13 heavy (non-hydrogen) atoms. The Bertz CT molecular complexity index is 219. The molecule has 1 nitrogen and oxygen atoms in total. The molecule has 0 bridgehead atoms. The summed E-state index contributed by atoms with van der Waals surface area (Å²) in [5.41, 5.74) is -1.75. The van der Waals surface area contributed by atoms with Crippen LogP contribution in [0.15, 0.2) is 11.8 Å². The first kappa shape index (κ1) is 10.4. The van der Waals surface area contributed by atoms with Crippen LogP contribution in [0.1, 0.15) is 32.6 Å². The molecule has 1 aliphatic carbocycles. The lowest BCUT2D eigenvalue weighted by Crippen LogP contribution is -2.35. The first-order valence-electron chi connectivity index (χ1n) is 4.30. The van der Waals surface area contributed by atoms with Gasteiger partial charge in [-0.25, -0.2) is 0 Å². The number of hydrogen-bond acceptors (Lipinski definition) is 1. The van der Waals surface area contributed by atoms with Gasteiger partial charge in [0, 0.05) is 6.42 Å². The zero-order chi connectivity index (χ0) is 10.1. The lowest BCUT2D eigenvalue weighted by Gasteiger charge is -2.30. The molecule has 76 valence electrons. The van der Waals surface area contributed by atoms with Crippen molar-refractivity contribution in [3.8, 4) is 0 Å². The summed E-state index contributed by atoms with van der Waals surface area (Å²) in [6.07, 6.45) is -1.90. The van der Waals surface area contributed by atoms with Crippen LogP contribution in [-0.4, -0.2) is 11.3 Å². The zero-order valence-electron chi connectivity index (χ0n) is 7.49. The molecule has 0 fully saturated rings. The van der Waals surface area contributed by atoms with Crippen LogP contribution in [0.2, 0.25) is 0 Å². The smallest absolute Gasteiger partial charge is 0.394 e. The fraction of sp³-hybridized carbons (Fsp3) is 0.778. The van der Waals surface area contributed by atoms with E-state index in [0.717, 1.165) is 0 Å². The van der Waals surface area contributed by atoms with Gasteiger partial charge in [-0.3, -0.25) is 0 Å². The van der Waals surface area contributed by atoms with Gasteiger partial charge in [0.05, 0.1) is 11.2 Å². The average Bonchev–Trinajstić information content (AvgIpc) is 2.10. The predicted octanol–water partition coefficient (Wildman–Crippen LogP) is 3.57. The van der Waals surface area contributed by atoms with E-state index in [4.69, 9.17) is 5.11 Å². The summed E-state index contributed by atoms with van der Waals surface area (Å²) in [4.78, 5) is 0. The van der Waals surface area contributed by atoms with E-state index in [0.29, 0.717) is 12.8 Å². The summed E-state index contributed by atoms with van der Waals surface area (Å²) in [5, 5.41) is 9.15. The van der Waals surface area contributed by atoms with Gasteiger partial charge in [0.25, 0.3) is 0 Å².